The molecule has 0 radical (unpaired) electrons. The smallest absolute Gasteiger partial charge is 0.334 e. The van der Waals surface area contributed by atoms with Gasteiger partial charge in [-0.2, -0.15) is 0 Å². The van der Waals surface area contributed by atoms with Crippen LogP contribution in [0, 0.1) is 11.3 Å². The summed E-state index contributed by atoms with van der Waals surface area (Å²) in [6.45, 7) is 5.80. The molecule has 0 aromatic rings. The van der Waals surface area contributed by atoms with Gasteiger partial charge in [-0.3, -0.25) is 4.79 Å². The maximum absolute atomic E-state index is 12.2. The summed E-state index contributed by atoms with van der Waals surface area (Å²) in [5, 5.41) is 0. The van der Waals surface area contributed by atoms with Gasteiger partial charge >= 0.3 is 5.97 Å². The zero-order valence-corrected chi connectivity index (χ0v) is 12.5. The predicted molar refractivity (Wildman–Crippen MR) is 75.1 cm³/mol. The van der Waals surface area contributed by atoms with E-state index in [1.165, 1.54) is 0 Å². The molecule has 0 fully saturated rings. The van der Waals surface area contributed by atoms with Crippen molar-refractivity contribution in [3.8, 4) is 0 Å². The van der Waals surface area contributed by atoms with E-state index in [0.717, 1.165) is 0 Å². The molecule has 3 atom stereocenters. The van der Waals surface area contributed by atoms with Crippen molar-refractivity contribution in [3.05, 3.63) is 23.8 Å². The lowest BCUT2D eigenvalue weighted by Crippen LogP contribution is -2.29. The molecular formula is C16H22O4. The van der Waals surface area contributed by atoms with Crippen molar-refractivity contribution in [2.45, 2.75) is 45.8 Å². The van der Waals surface area contributed by atoms with Gasteiger partial charge in [-0.15, -0.1) is 0 Å². The third kappa shape index (κ3) is 2.85. The number of carbonyl (C=O) groups is 2. The lowest BCUT2D eigenvalue weighted by Gasteiger charge is -2.26. The van der Waals surface area contributed by atoms with Gasteiger partial charge in [0.15, 0.2) is 5.78 Å². The minimum atomic E-state index is -0.389. The molecule has 0 aromatic heterocycles. The van der Waals surface area contributed by atoms with Crippen molar-refractivity contribution in [1.82, 2.24) is 0 Å². The molecule has 4 heteroatoms. The Morgan fingerprint density at radius 1 is 1.35 bits per heavy atom. The second-order valence-electron chi connectivity index (χ2n) is 6.18. The van der Waals surface area contributed by atoms with E-state index >= 15 is 0 Å². The van der Waals surface area contributed by atoms with Crippen LogP contribution >= 0.6 is 0 Å². The highest BCUT2D eigenvalue weighted by Crippen LogP contribution is 2.34. The number of hydrogen-bond acceptors (Lipinski definition) is 4. The van der Waals surface area contributed by atoms with Gasteiger partial charge in [-0.1, -0.05) is 26.8 Å². The fraction of sp³-hybridized carbons (Fsp3) is 0.625. The normalized spacial score (nSPS) is 35.0. The van der Waals surface area contributed by atoms with Crippen LogP contribution in [0.25, 0.3) is 0 Å². The minimum Gasteiger partial charge on any atom is -0.454 e. The standard InChI is InChI=1S/C16H22O4/c1-10-12(17)7-8-16(2,3)14-9-11(15(18)20-14)5-6-13(10)19-4/h7-10,13-14H,5-6H2,1-4H3/b8-7+/t10-,13-,14+/m0/s1. The van der Waals surface area contributed by atoms with Crippen molar-refractivity contribution < 1.29 is 19.1 Å². The molecule has 1 aliphatic heterocycles. The Morgan fingerprint density at radius 2 is 2.05 bits per heavy atom. The number of carbonyl (C=O) groups excluding carboxylic acids is 2. The predicted octanol–water partition coefficient (Wildman–Crippen LogP) is 2.43. The first kappa shape index (κ1) is 15.0. The summed E-state index contributed by atoms with van der Waals surface area (Å²) in [5.74, 6) is -0.398. The molecular weight excluding hydrogens is 256 g/mol. The SMILES string of the molecule is CO[C@H]1CCC2=C[C@@H](OC2=O)C(C)(C)/C=C/C(=O)[C@@H]1C. The lowest BCUT2D eigenvalue weighted by atomic mass is 9.85. The molecule has 4 nitrogen and oxygen atoms in total. The highest BCUT2D eigenvalue weighted by molar-refractivity contribution is 5.93. The van der Waals surface area contributed by atoms with Crippen molar-refractivity contribution in [3.63, 3.8) is 0 Å². The average Bonchev–Trinajstić information content (AvgIpc) is 2.77. The van der Waals surface area contributed by atoms with Gasteiger partial charge in [0.2, 0.25) is 0 Å². The van der Waals surface area contributed by atoms with Gasteiger partial charge in [0, 0.05) is 24.0 Å². The number of ether oxygens (including phenoxy) is 2. The molecule has 2 aliphatic rings. The van der Waals surface area contributed by atoms with E-state index in [2.05, 4.69) is 0 Å². The fourth-order valence-corrected chi connectivity index (χ4v) is 2.62. The van der Waals surface area contributed by atoms with Crippen LogP contribution < -0.4 is 0 Å². The van der Waals surface area contributed by atoms with E-state index in [1.807, 2.05) is 32.9 Å². The molecule has 0 saturated carbocycles. The summed E-state index contributed by atoms with van der Waals surface area (Å²) < 4.78 is 10.8. The van der Waals surface area contributed by atoms with Gasteiger partial charge in [-0.05, 0) is 25.0 Å². The number of rotatable bonds is 1. The van der Waals surface area contributed by atoms with Crippen molar-refractivity contribution in [2.24, 2.45) is 11.3 Å². The molecule has 0 saturated heterocycles. The fourth-order valence-electron chi connectivity index (χ4n) is 2.62. The Balaban J connectivity index is 2.34. The topological polar surface area (TPSA) is 52.6 Å². The van der Waals surface area contributed by atoms with Crippen molar-refractivity contribution in [2.75, 3.05) is 7.11 Å². The lowest BCUT2D eigenvalue weighted by molar-refractivity contribution is -0.142. The summed E-state index contributed by atoms with van der Waals surface area (Å²) in [4.78, 5) is 24.1. The molecule has 1 heterocycles. The zero-order chi connectivity index (χ0) is 14.9. The summed E-state index contributed by atoms with van der Waals surface area (Å²) in [7, 11) is 1.60. The average molecular weight is 278 g/mol. The van der Waals surface area contributed by atoms with Gasteiger partial charge in [0.1, 0.15) is 6.10 Å². The second-order valence-corrected chi connectivity index (χ2v) is 6.18. The molecule has 2 rings (SSSR count). The number of methoxy groups -OCH3 is 1. The van der Waals surface area contributed by atoms with Crippen LogP contribution in [0.3, 0.4) is 0 Å². The van der Waals surface area contributed by atoms with E-state index in [-0.39, 0.29) is 35.3 Å². The quantitative estimate of drug-likeness (QED) is 0.691. The molecule has 2 bridgehead atoms. The van der Waals surface area contributed by atoms with E-state index < -0.39 is 0 Å². The third-order valence-electron chi connectivity index (χ3n) is 4.27. The number of ketones is 1. The summed E-state index contributed by atoms with van der Waals surface area (Å²) in [6, 6.07) is 0. The largest absolute Gasteiger partial charge is 0.454 e. The Hall–Kier alpha value is -1.42. The number of allylic oxidation sites excluding steroid dienone is 1. The number of hydrogen-bond donors (Lipinski definition) is 0. The molecule has 1 aliphatic carbocycles. The van der Waals surface area contributed by atoms with Crippen LogP contribution in [-0.2, 0) is 19.1 Å². The molecule has 0 amide bonds. The number of esters is 1. The van der Waals surface area contributed by atoms with Crippen LogP contribution in [0.1, 0.15) is 33.6 Å². The molecule has 0 aromatic carbocycles. The first-order chi connectivity index (χ1) is 9.35. The minimum absolute atomic E-state index is 0.0547. The first-order valence-electron chi connectivity index (χ1n) is 7.02. The summed E-state index contributed by atoms with van der Waals surface area (Å²) in [5.41, 5.74) is 0.305. The van der Waals surface area contributed by atoms with Gasteiger partial charge < -0.3 is 9.47 Å². The Morgan fingerprint density at radius 3 is 2.70 bits per heavy atom. The molecule has 0 spiro atoms. The van der Waals surface area contributed by atoms with Crippen molar-refractivity contribution >= 4 is 11.8 Å². The molecule has 110 valence electrons. The molecule has 0 N–H and O–H groups in total. The van der Waals surface area contributed by atoms with Gasteiger partial charge in [0.05, 0.1) is 6.10 Å². The Kier molecular flexibility index (Phi) is 4.14. The van der Waals surface area contributed by atoms with Crippen LogP contribution in [-0.4, -0.2) is 31.1 Å². The van der Waals surface area contributed by atoms with Crippen LogP contribution in [0.2, 0.25) is 0 Å². The second kappa shape index (κ2) is 5.52. The Bertz CT molecular complexity index is 473. The Labute approximate surface area is 119 Å². The summed E-state index contributed by atoms with van der Waals surface area (Å²) >= 11 is 0. The maximum atomic E-state index is 12.2. The summed E-state index contributed by atoms with van der Waals surface area (Å²) in [6.07, 6.45) is 6.07. The molecule has 20 heavy (non-hydrogen) atoms. The van der Waals surface area contributed by atoms with E-state index in [9.17, 15) is 9.59 Å². The third-order valence-corrected chi connectivity index (χ3v) is 4.27. The van der Waals surface area contributed by atoms with Crippen LogP contribution in [0.4, 0.5) is 0 Å². The maximum Gasteiger partial charge on any atom is 0.334 e. The van der Waals surface area contributed by atoms with Crippen LogP contribution in [0.15, 0.2) is 23.8 Å². The van der Waals surface area contributed by atoms with Crippen molar-refractivity contribution in [1.29, 1.82) is 0 Å². The van der Waals surface area contributed by atoms with Gasteiger partial charge in [0.25, 0.3) is 0 Å². The monoisotopic (exact) mass is 278 g/mol. The molecule has 0 unspecified atom stereocenters. The van der Waals surface area contributed by atoms with E-state index in [0.29, 0.717) is 18.4 Å². The van der Waals surface area contributed by atoms with Gasteiger partial charge in [-0.25, -0.2) is 4.79 Å². The highest BCUT2D eigenvalue weighted by Gasteiger charge is 2.37. The first-order valence-corrected chi connectivity index (χ1v) is 7.02. The van der Waals surface area contributed by atoms with E-state index in [4.69, 9.17) is 9.47 Å². The van der Waals surface area contributed by atoms with Crippen LogP contribution in [0.5, 0.6) is 0 Å². The number of fused-ring (bicyclic) bond motifs is 1. The highest BCUT2D eigenvalue weighted by atomic mass is 16.5. The van der Waals surface area contributed by atoms with E-state index in [1.54, 1.807) is 13.2 Å². The zero-order valence-electron chi connectivity index (χ0n) is 12.5.